The number of nitrogens with zero attached hydrogens (tertiary/aromatic N) is 2. The molecule has 0 bridgehead atoms. The van der Waals surface area contributed by atoms with Crippen LogP contribution in [0.1, 0.15) is 22.3 Å². The normalized spacial score (nSPS) is 23.2. The summed E-state index contributed by atoms with van der Waals surface area (Å²) in [5, 5.41) is 2.92. The summed E-state index contributed by atoms with van der Waals surface area (Å²) >= 11 is 0. The van der Waals surface area contributed by atoms with Crippen molar-refractivity contribution in [3.8, 4) is 0 Å². The third kappa shape index (κ3) is 3.08. The maximum Gasteiger partial charge on any atom is 0.318 e. The van der Waals surface area contributed by atoms with E-state index in [1.54, 1.807) is 29.0 Å². The lowest BCUT2D eigenvalue weighted by Gasteiger charge is -2.36. The van der Waals surface area contributed by atoms with Gasteiger partial charge < -0.3 is 19.9 Å². The average molecular weight is 335 g/mol. The Morgan fingerprint density at radius 3 is 3.00 bits per heavy atom. The minimum Gasteiger partial charge on any atom is -0.383 e. The summed E-state index contributed by atoms with van der Waals surface area (Å²) in [7, 11) is 1.60. The molecule has 2 saturated heterocycles. The Bertz CT molecular complexity index is 652. The number of benzene rings is 1. The van der Waals surface area contributed by atoms with Crippen molar-refractivity contribution in [3.63, 3.8) is 0 Å². The second kappa shape index (κ2) is 6.76. The minimum absolute atomic E-state index is 0.0547. The molecule has 2 atom stereocenters. The van der Waals surface area contributed by atoms with Crippen molar-refractivity contribution < 1.29 is 18.7 Å². The van der Waals surface area contributed by atoms with Gasteiger partial charge in [0.05, 0.1) is 24.3 Å². The molecule has 3 rings (SSSR count). The molecule has 6 nitrogen and oxygen atoms in total. The summed E-state index contributed by atoms with van der Waals surface area (Å²) < 4.78 is 19.0. The molecule has 7 heteroatoms. The first-order chi connectivity index (χ1) is 11.5. The third-order valence-electron chi connectivity index (χ3n) is 4.72. The number of amides is 3. The number of hydrogen-bond donors (Lipinski definition) is 1. The van der Waals surface area contributed by atoms with E-state index in [1.807, 2.05) is 6.92 Å². The topological polar surface area (TPSA) is 61.9 Å². The molecule has 0 saturated carbocycles. The molecule has 0 aromatic heterocycles. The highest BCUT2D eigenvalue weighted by Gasteiger charge is 2.43. The van der Waals surface area contributed by atoms with E-state index in [4.69, 9.17) is 4.74 Å². The van der Waals surface area contributed by atoms with Crippen molar-refractivity contribution in [1.29, 1.82) is 0 Å². The van der Waals surface area contributed by atoms with E-state index in [2.05, 4.69) is 5.32 Å². The zero-order valence-electron chi connectivity index (χ0n) is 13.9. The lowest BCUT2D eigenvalue weighted by Crippen LogP contribution is -2.53. The van der Waals surface area contributed by atoms with E-state index in [0.717, 1.165) is 5.56 Å². The monoisotopic (exact) mass is 335 g/mol. The molecule has 3 amide bonds. The first-order valence-corrected chi connectivity index (χ1v) is 8.12. The molecule has 0 unspecified atom stereocenters. The largest absolute Gasteiger partial charge is 0.383 e. The summed E-state index contributed by atoms with van der Waals surface area (Å²) in [5.74, 6) is -0.829. The van der Waals surface area contributed by atoms with Crippen LogP contribution >= 0.6 is 0 Å². The molecule has 1 N–H and O–H groups in total. The highest BCUT2D eigenvalue weighted by Crippen LogP contribution is 2.24. The number of urea groups is 1. The van der Waals surface area contributed by atoms with Crippen LogP contribution in [0, 0.1) is 12.7 Å². The third-order valence-corrected chi connectivity index (χ3v) is 4.72. The number of rotatable bonds is 4. The van der Waals surface area contributed by atoms with Gasteiger partial charge >= 0.3 is 6.03 Å². The molecule has 1 aromatic rings. The number of halogens is 1. The fourth-order valence-corrected chi connectivity index (χ4v) is 3.46. The number of carbonyl (C=O) groups excluding carboxylic acids is 2. The first-order valence-electron chi connectivity index (χ1n) is 8.12. The maximum atomic E-state index is 14.0. The van der Waals surface area contributed by atoms with E-state index in [-0.39, 0.29) is 29.6 Å². The smallest absolute Gasteiger partial charge is 0.318 e. The molecule has 24 heavy (non-hydrogen) atoms. The Morgan fingerprint density at radius 1 is 1.46 bits per heavy atom. The van der Waals surface area contributed by atoms with Crippen molar-refractivity contribution in [2.75, 3.05) is 33.4 Å². The van der Waals surface area contributed by atoms with Crippen LogP contribution in [0.15, 0.2) is 18.2 Å². The van der Waals surface area contributed by atoms with Gasteiger partial charge in [0.1, 0.15) is 5.82 Å². The van der Waals surface area contributed by atoms with Gasteiger partial charge in [-0.05, 0) is 25.5 Å². The predicted molar refractivity (Wildman–Crippen MR) is 86.3 cm³/mol. The molecule has 2 aliphatic rings. The van der Waals surface area contributed by atoms with Crippen LogP contribution in [0.5, 0.6) is 0 Å². The van der Waals surface area contributed by atoms with Gasteiger partial charge in [0.2, 0.25) is 0 Å². The highest BCUT2D eigenvalue weighted by atomic mass is 19.1. The number of fused-ring (bicyclic) bond motifs is 1. The van der Waals surface area contributed by atoms with Gasteiger partial charge in [-0.1, -0.05) is 11.6 Å². The Labute approximate surface area is 140 Å². The van der Waals surface area contributed by atoms with E-state index in [1.165, 1.54) is 6.07 Å². The van der Waals surface area contributed by atoms with Gasteiger partial charge in [0.25, 0.3) is 5.91 Å². The van der Waals surface area contributed by atoms with Gasteiger partial charge in [-0.25, -0.2) is 9.18 Å². The number of nitrogens with one attached hydrogen (secondary N) is 1. The predicted octanol–water partition coefficient (Wildman–Crippen LogP) is 1.39. The molecule has 0 aliphatic carbocycles. The Morgan fingerprint density at radius 2 is 2.25 bits per heavy atom. The highest BCUT2D eigenvalue weighted by molar-refractivity contribution is 5.95. The lowest BCUT2D eigenvalue weighted by molar-refractivity contribution is 0.0637. The SMILES string of the molecule is COCCN1C(=O)N[C@@H]2CN(C(=O)c3cc(C)ccc3F)CC[C@@H]21. The lowest BCUT2D eigenvalue weighted by atomic mass is 9.98. The molecule has 130 valence electrons. The molecular formula is C17H22FN3O3. The molecule has 2 aliphatic heterocycles. The summed E-state index contributed by atoms with van der Waals surface area (Å²) in [5.41, 5.74) is 0.934. The Hall–Kier alpha value is -2.15. The van der Waals surface area contributed by atoms with Crippen LogP contribution in [0.3, 0.4) is 0 Å². The average Bonchev–Trinajstić information content (AvgIpc) is 2.88. The Kier molecular flexibility index (Phi) is 4.71. The van der Waals surface area contributed by atoms with E-state index in [0.29, 0.717) is 32.7 Å². The van der Waals surface area contributed by atoms with Crippen LogP contribution < -0.4 is 5.32 Å². The van der Waals surface area contributed by atoms with Gasteiger partial charge in [0.15, 0.2) is 0 Å². The quantitative estimate of drug-likeness (QED) is 0.904. The molecule has 1 aromatic carbocycles. The fourth-order valence-electron chi connectivity index (χ4n) is 3.46. The van der Waals surface area contributed by atoms with Gasteiger partial charge in [0, 0.05) is 26.7 Å². The van der Waals surface area contributed by atoms with Crippen LogP contribution in [-0.2, 0) is 4.74 Å². The molecule has 2 heterocycles. The van der Waals surface area contributed by atoms with Crippen molar-refractivity contribution >= 4 is 11.9 Å². The number of ether oxygens (including phenoxy) is 1. The van der Waals surface area contributed by atoms with Crippen molar-refractivity contribution in [1.82, 2.24) is 15.1 Å². The first kappa shape index (κ1) is 16.7. The van der Waals surface area contributed by atoms with E-state index in [9.17, 15) is 14.0 Å². The molecule has 0 spiro atoms. The summed E-state index contributed by atoms with van der Waals surface area (Å²) in [6.45, 7) is 3.74. The standard InChI is InChI=1S/C17H22FN3O3/c1-11-3-4-13(18)12(9-11)16(22)20-6-5-15-14(10-20)19-17(23)21(15)7-8-24-2/h3-4,9,14-15H,5-8,10H2,1-2H3,(H,19,23)/t14-,15+/m1/s1. The van der Waals surface area contributed by atoms with Gasteiger partial charge in [-0.2, -0.15) is 0 Å². The van der Waals surface area contributed by atoms with Crippen LogP contribution in [0.25, 0.3) is 0 Å². The van der Waals surface area contributed by atoms with Crippen molar-refractivity contribution in [3.05, 3.63) is 35.1 Å². The van der Waals surface area contributed by atoms with Crippen molar-refractivity contribution in [2.24, 2.45) is 0 Å². The molecule has 2 fully saturated rings. The molecule has 0 radical (unpaired) electrons. The number of hydrogen-bond acceptors (Lipinski definition) is 3. The van der Waals surface area contributed by atoms with E-state index >= 15 is 0 Å². The number of methoxy groups -OCH3 is 1. The fraction of sp³-hybridized carbons (Fsp3) is 0.529. The second-order valence-corrected chi connectivity index (χ2v) is 6.33. The zero-order valence-corrected chi connectivity index (χ0v) is 13.9. The molecular weight excluding hydrogens is 313 g/mol. The number of carbonyl (C=O) groups is 2. The number of aryl methyl sites for hydroxylation is 1. The summed E-state index contributed by atoms with van der Waals surface area (Å²) in [6, 6.07) is 4.33. The van der Waals surface area contributed by atoms with E-state index < -0.39 is 5.82 Å². The Balaban J connectivity index is 1.70. The number of likely N-dealkylation sites (tertiary alicyclic amines) is 1. The van der Waals surface area contributed by atoms with Crippen LogP contribution in [0.4, 0.5) is 9.18 Å². The van der Waals surface area contributed by atoms with Crippen LogP contribution in [0.2, 0.25) is 0 Å². The van der Waals surface area contributed by atoms with Gasteiger partial charge in [-0.3, -0.25) is 4.79 Å². The van der Waals surface area contributed by atoms with Gasteiger partial charge in [-0.15, -0.1) is 0 Å². The van der Waals surface area contributed by atoms with Crippen molar-refractivity contribution in [2.45, 2.75) is 25.4 Å². The summed E-state index contributed by atoms with van der Waals surface area (Å²) in [6.07, 6.45) is 0.673. The zero-order chi connectivity index (χ0) is 17.3. The van der Waals surface area contributed by atoms with Crippen LogP contribution in [-0.4, -0.2) is 67.2 Å². The second-order valence-electron chi connectivity index (χ2n) is 6.33. The maximum absolute atomic E-state index is 14.0. The minimum atomic E-state index is -0.509. The summed E-state index contributed by atoms with van der Waals surface area (Å²) in [4.78, 5) is 28.1. The number of piperidine rings is 1.